The molecule has 0 radical (unpaired) electrons. The second-order valence-electron chi connectivity index (χ2n) is 5.25. The van der Waals surface area contributed by atoms with Gasteiger partial charge in [0.1, 0.15) is 0 Å². The predicted octanol–water partition coefficient (Wildman–Crippen LogP) is 2.08. The number of carbonyl (C=O) groups is 1. The van der Waals surface area contributed by atoms with Crippen molar-refractivity contribution in [1.29, 1.82) is 0 Å². The van der Waals surface area contributed by atoms with Crippen molar-refractivity contribution in [3.8, 4) is 5.75 Å². The first-order valence-corrected chi connectivity index (χ1v) is 7.46. The summed E-state index contributed by atoms with van der Waals surface area (Å²) in [6.45, 7) is 6.69. The van der Waals surface area contributed by atoms with Crippen molar-refractivity contribution < 1.29 is 9.53 Å². The maximum Gasteiger partial charge on any atom is 0.257 e. The van der Waals surface area contributed by atoms with Crippen molar-refractivity contribution in [2.45, 2.75) is 20.3 Å². The zero-order valence-electron chi connectivity index (χ0n) is 13.6. The van der Waals surface area contributed by atoms with E-state index in [0.29, 0.717) is 30.2 Å². The summed E-state index contributed by atoms with van der Waals surface area (Å²) in [6.07, 6.45) is 0.922. The summed E-state index contributed by atoms with van der Waals surface area (Å²) in [6, 6.07) is 5.33. The number of hydrogen-bond acceptors (Lipinski definition) is 4. The van der Waals surface area contributed by atoms with Crippen LogP contribution in [0.15, 0.2) is 18.2 Å². The summed E-state index contributed by atoms with van der Waals surface area (Å²) in [7, 11) is 4.00. The fraction of sp³-hybridized carbons (Fsp3) is 0.562. The quantitative estimate of drug-likeness (QED) is 0.746. The molecule has 0 aliphatic carbocycles. The molecule has 0 heterocycles. The van der Waals surface area contributed by atoms with Crippen LogP contribution in [-0.4, -0.2) is 56.0 Å². The number of anilines is 1. The molecule has 1 rings (SSSR count). The third kappa shape index (κ3) is 4.93. The number of likely N-dealkylation sites (N-methyl/N-ethyl adjacent to an activating group) is 1. The second kappa shape index (κ2) is 8.52. The van der Waals surface area contributed by atoms with Crippen molar-refractivity contribution >= 4 is 11.6 Å². The van der Waals surface area contributed by atoms with Crippen LogP contribution in [0.1, 0.15) is 30.6 Å². The first-order valence-electron chi connectivity index (χ1n) is 7.46. The van der Waals surface area contributed by atoms with E-state index in [0.717, 1.165) is 19.5 Å². The number of amides is 1. The van der Waals surface area contributed by atoms with E-state index in [2.05, 4.69) is 11.8 Å². The van der Waals surface area contributed by atoms with Crippen LogP contribution in [0.5, 0.6) is 5.75 Å². The molecule has 0 saturated heterocycles. The monoisotopic (exact) mass is 293 g/mol. The number of para-hydroxylation sites is 1. The number of ether oxygens (including phenoxy) is 1. The fourth-order valence-corrected chi connectivity index (χ4v) is 2.10. The van der Waals surface area contributed by atoms with Gasteiger partial charge >= 0.3 is 0 Å². The number of carbonyl (C=O) groups excluding carboxylic acids is 1. The average molecular weight is 293 g/mol. The SMILES string of the molecule is CCCN(CCN(C)C)C(=O)c1cccc(N)c1OCC. The van der Waals surface area contributed by atoms with Crippen LogP contribution in [-0.2, 0) is 0 Å². The van der Waals surface area contributed by atoms with E-state index in [1.54, 1.807) is 18.2 Å². The molecule has 0 atom stereocenters. The second-order valence-corrected chi connectivity index (χ2v) is 5.25. The lowest BCUT2D eigenvalue weighted by molar-refractivity contribution is 0.0741. The Morgan fingerprint density at radius 1 is 1.19 bits per heavy atom. The van der Waals surface area contributed by atoms with E-state index >= 15 is 0 Å². The molecule has 0 aliphatic rings. The van der Waals surface area contributed by atoms with Crippen LogP contribution in [0, 0.1) is 0 Å². The first kappa shape index (κ1) is 17.3. The maximum absolute atomic E-state index is 12.8. The van der Waals surface area contributed by atoms with Gasteiger partial charge in [-0.05, 0) is 39.6 Å². The molecule has 1 aromatic rings. The lowest BCUT2D eigenvalue weighted by Crippen LogP contribution is -2.37. The van der Waals surface area contributed by atoms with Crippen LogP contribution in [0.3, 0.4) is 0 Å². The van der Waals surface area contributed by atoms with E-state index in [1.807, 2.05) is 25.9 Å². The molecule has 0 saturated carbocycles. The van der Waals surface area contributed by atoms with Crippen molar-refractivity contribution in [1.82, 2.24) is 9.80 Å². The molecule has 1 aromatic carbocycles. The molecule has 0 aliphatic heterocycles. The van der Waals surface area contributed by atoms with Crippen molar-refractivity contribution in [3.63, 3.8) is 0 Å². The number of benzene rings is 1. The Morgan fingerprint density at radius 3 is 2.48 bits per heavy atom. The molecule has 0 spiro atoms. The van der Waals surface area contributed by atoms with Crippen molar-refractivity contribution in [2.75, 3.05) is 46.1 Å². The lowest BCUT2D eigenvalue weighted by atomic mass is 10.1. The lowest BCUT2D eigenvalue weighted by Gasteiger charge is -2.25. The first-order chi connectivity index (χ1) is 10.0. The Balaban J connectivity index is 2.99. The van der Waals surface area contributed by atoms with E-state index in [9.17, 15) is 4.79 Å². The highest BCUT2D eigenvalue weighted by Crippen LogP contribution is 2.27. The standard InChI is InChI=1S/C16H27N3O2/c1-5-10-19(12-11-18(3)4)16(20)13-8-7-9-14(17)15(13)21-6-2/h7-9H,5-6,10-12,17H2,1-4H3. The highest BCUT2D eigenvalue weighted by Gasteiger charge is 2.20. The molecule has 0 fully saturated rings. The smallest absolute Gasteiger partial charge is 0.257 e. The average Bonchev–Trinajstić information content (AvgIpc) is 2.45. The van der Waals surface area contributed by atoms with Gasteiger partial charge in [0.2, 0.25) is 0 Å². The van der Waals surface area contributed by atoms with E-state index in [4.69, 9.17) is 10.5 Å². The Morgan fingerprint density at radius 2 is 1.90 bits per heavy atom. The summed E-state index contributed by atoms with van der Waals surface area (Å²) >= 11 is 0. The van der Waals surface area contributed by atoms with E-state index in [1.165, 1.54) is 0 Å². The van der Waals surface area contributed by atoms with Crippen LogP contribution >= 0.6 is 0 Å². The van der Waals surface area contributed by atoms with Gasteiger partial charge in [0.25, 0.3) is 5.91 Å². The van der Waals surface area contributed by atoms with Gasteiger partial charge in [-0.25, -0.2) is 0 Å². The maximum atomic E-state index is 12.8. The van der Waals surface area contributed by atoms with Gasteiger partial charge in [-0.1, -0.05) is 13.0 Å². The Hall–Kier alpha value is -1.75. The summed E-state index contributed by atoms with van der Waals surface area (Å²) in [4.78, 5) is 16.7. The summed E-state index contributed by atoms with van der Waals surface area (Å²) < 4.78 is 5.56. The molecule has 1 amide bonds. The van der Waals surface area contributed by atoms with Crippen LogP contribution in [0.25, 0.3) is 0 Å². The number of nitrogen functional groups attached to an aromatic ring is 1. The zero-order valence-corrected chi connectivity index (χ0v) is 13.6. The number of nitrogens with zero attached hydrogens (tertiary/aromatic N) is 2. The number of hydrogen-bond donors (Lipinski definition) is 1. The zero-order chi connectivity index (χ0) is 15.8. The summed E-state index contributed by atoms with van der Waals surface area (Å²) in [5.41, 5.74) is 6.99. The molecule has 5 heteroatoms. The fourth-order valence-electron chi connectivity index (χ4n) is 2.10. The van der Waals surface area contributed by atoms with Gasteiger partial charge in [0.05, 0.1) is 17.9 Å². The van der Waals surface area contributed by atoms with Gasteiger partial charge < -0.3 is 20.3 Å². The number of nitrogens with two attached hydrogens (primary N) is 1. The molecular formula is C16H27N3O2. The molecule has 5 nitrogen and oxygen atoms in total. The van der Waals surface area contributed by atoms with Crippen LogP contribution in [0.2, 0.25) is 0 Å². The highest BCUT2D eigenvalue weighted by atomic mass is 16.5. The van der Waals surface area contributed by atoms with Gasteiger partial charge in [-0.3, -0.25) is 4.79 Å². The minimum Gasteiger partial charge on any atom is -0.491 e. The minimum absolute atomic E-state index is 0.0190. The van der Waals surface area contributed by atoms with E-state index in [-0.39, 0.29) is 5.91 Å². The Bertz CT molecular complexity index is 461. The molecule has 0 aromatic heterocycles. The largest absolute Gasteiger partial charge is 0.491 e. The Kier molecular flexibility index (Phi) is 7.02. The topological polar surface area (TPSA) is 58.8 Å². The summed E-state index contributed by atoms with van der Waals surface area (Å²) in [5, 5.41) is 0. The Labute approximate surface area is 127 Å². The highest BCUT2D eigenvalue weighted by molar-refractivity contribution is 5.98. The van der Waals surface area contributed by atoms with Gasteiger partial charge in [0.15, 0.2) is 5.75 Å². The molecule has 21 heavy (non-hydrogen) atoms. The van der Waals surface area contributed by atoms with Gasteiger partial charge in [-0.2, -0.15) is 0 Å². The molecule has 0 bridgehead atoms. The van der Waals surface area contributed by atoms with Gasteiger partial charge in [-0.15, -0.1) is 0 Å². The molecule has 118 valence electrons. The third-order valence-electron chi connectivity index (χ3n) is 3.16. The van der Waals surface area contributed by atoms with E-state index < -0.39 is 0 Å². The third-order valence-corrected chi connectivity index (χ3v) is 3.16. The van der Waals surface area contributed by atoms with Crippen molar-refractivity contribution in [2.24, 2.45) is 0 Å². The normalized spacial score (nSPS) is 10.7. The van der Waals surface area contributed by atoms with Crippen molar-refractivity contribution in [3.05, 3.63) is 23.8 Å². The summed E-state index contributed by atoms with van der Waals surface area (Å²) in [5.74, 6) is 0.477. The van der Waals surface area contributed by atoms with Crippen LogP contribution < -0.4 is 10.5 Å². The molecule has 2 N–H and O–H groups in total. The minimum atomic E-state index is -0.0190. The number of rotatable bonds is 8. The van der Waals surface area contributed by atoms with Gasteiger partial charge in [0, 0.05) is 19.6 Å². The predicted molar refractivity (Wildman–Crippen MR) is 86.8 cm³/mol. The molecule has 0 unspecified atom stereocenters. The molecular weight excluding hydrogens is 266 g/mol. The van der Waals surface area contributed by atoms with Crippen LogP contribution in [0.4, 0.5) is 5.69 Å².